The summed E-state index contributed by atoms with van der Waals surface area (Å²) in [4.78, 5) is 4.65. The number of ether oxygens (including phenoxy) is 1. The van der Waals surface area contributed by atoms with E-state index >= 15 is 0 Å². The summed E-state index contributed by atoms with van der Waals surface area (Å²) in [5.41, 5.74) is 8.47. The number of halogens is 2. The van der Waals surface area contributed by atoms with Gasteiger partial charge in [-0.2, -0.15) is 0 Å². The molecule has 1 saturated carbocycles. The summed E-state index contributed by atoms with van der Waals surface area (Å²) < 4.78 is 7.53. The van der Waals surface area contributed by atoms with Gasteiger partial charge in [-0.25, -0.2) is 4.98 Å². The van der Waals surface area contributed by atoms with Crippen LogP contribution >= 0.6 is 27.5 Å². The van der Waals surface area contributed by atoms with Crippen LogP contribution in [0.5, 0.6) is 5.75 Å². The zero-order valence-corrected chi connectivity index (χ0v) is 18.9. The van der Waals surface area contributed by atoms with Gasteiger partial charge in [0.25, 0.3) is 0 Å². The molecule has 1 aliphatic carbocycles. The van der Waals surface area contributed by atoms with E-state index in [-0.39, 0.29) is 18.4 Å². The molecule has 2 heterocycles. The predicted molar refractivity (Wildman–Crippen MR) is 123 cm³/mol. The lowest BCUT2D eigenvalue weighted by atomic mass is 9.76. The molecule has 2 aromatic carbocycles. The van der Waals surface area contributed by atoms with Crippen molar-refractivity contribution in [2.45, 2.75) is 17.6 Å². The Kier molecular flexibility index (Phi) is 5.31. The summed E-state index contributed by atoms with van der Waals surface area (Å²) in [5, 5.41) is 22.0. The number of benzene rings is 2. The number of fused-ring (bicyclic) bond motifs is 3. The van der Waals surface area contributed by atoms with Crippen LogP contribution in [0.2, 0.25) is 5.15 Å². The summed E-state index contributed by atoms with van der Waals surface area (Å²) >= 11 is 9.87. The minimum Gasteiger partial charge on any atom is -0.479 e. The molecule has 5 rings (SSSR count). The molecule has 4 N–H and O–H groups in total. The first-order valence-electron chi connectivity index (χ1n) is 10.2. The smallest absolute Gasteiger partial charge is 0.167 e. The minimum atomic E-state index is -1.09. The molecule has 1 aromatic heterocycles. The third-order valence-corrected chi connectivity index (χ3v) is 7.41. The fourth-order valence-corrected chi connectivity index (χ4v) is 5.85. The van der Waals surface area contributed by atoms with Gasteiger partial charge in [0.05, 0.1) is 5.69 Å². The molecule has 31 heavy (non-hydrogen) atoms. The van der Waals surface area contributed by atoms with Crippen molar-refractivity contribution >= 4 is 27.5 Å². The van der Waals surface area contributed by atoms with E-state index in [0.717, 1.165) is 26.9 Å². The lowest BCUT2D eigenvalue weighted by molar-refractivity contribution is -0.0558. The maximum absolute atomic E-state index is 11.5. The van der Waals surface area contributed by atoms with Crippen molar-refractivity contribution in [1.29, 1.82) is 0 Å². The molecule has 5 nitrogen and oxygen atoms in total. The Morgan fingerprint density at radius 1 is 1.10 bits per heavy atom. The van der Waals surface area contributed by atoms with Crippen molar-refractivity contribution in [2.75, 3.05) is 13.2 Å². The van der Waals surface area contributed by atoms with E-state index in [2.05, 4.69) is 20.9 Å². The fourth-order valence-electron chi connectivity index (χ4n) is 5.40. The summed E-state index contributed by atoms with van der Waals surface area (Å²) in [5.74, 6) is -0.317. The first kappa shape index (κ1) is 20.9. The first-order valence-corrected chi connectivity index (χ1v) is 11.4. The molecule has 5 atom stereocenters. The van der Waals surface area contributed by atoms with Crippen molar-refractivity contribution in [3.63, 3.8) is 0 Å². The van der Waals surface area contributed by atoms with Gasteiger partial charge in [0, 0.05) is 40.1 Å². The molecular weight excluding hydrogens is 480 g/mol. The second kappa shape index (κ2) is 7.87. The predicted octanol–water partition coefficient (Wildman–Crippen LogP) is 4.09. The highest BCUT2D eigenvalue weighted by atomic mass is 79.9. The van der Waals surface area contributed by atoms with Gasteiger partial charge in [0.15, 0.2) is 5.60 Å². The van der Waals surface area contributed by atoms with Crippen LogP contribution in [0.1, 0.15) is 17.0 Å². The van der Waals surface area contributed by atoms with Crippen molar-refractivity contribution < 1.29 is 14.9 Å². The monoisotopic (exact) mass is 500 g/mol. The van der Waals surface area contributed by atoms with Crippen LogP contribution in [-0.2, 0) is 5.60 Å². The Bertz CT molecular complexity index is 1110. The molecule has 1 aliphatic heterocycles. The van der Waals surface area contributed by atoms with E-state index in [4.69, 9.17) is 22.1 Å². The zero-order valence-electron chi connectivity index (χ0n) is 16.6. The van der Waals surface area contributed by atoms with Gasteiger partial charge in [-0.05, 0) is 30.2 Å². The number of pyridine rings is 1. The normalized spacial score (nSPS) is 28.8. The minimum absolute atomic E-state index is 0.182. The van der Waals surface area contributed by atoms with Crippen LogP contribution in [0.15, 0.2) is 65.1 Å². The van der Waals surface area contributed by atoms with Crippen LogP contribution in [0, 0.1) is 11.8 Å². The van der Waals surface area contributed by atoms with Crippen molar-refractivity contribution in [3.8, 4) is 17.0 Å². The lowest BCUT2D eigenvalue weighted by Gasteiger charge is -2.34. The average molecular weight is 502 g/mol. The van der Waals surface area contributed by atoms with Crippen LogP contribution in [0.3, 0.4) is 0 Å². The number of rotatable bonds is 4. The molecule has 0 radical (unpaired) electrons. The maximum Gasteiger partial charge on any atom is 0.167 e. The molecule has 0 saturated heterocycles. The van der Waals surface area contributed by atoms with Crippen LogP contribution in [0.4, 0.5) is 0 Å². The maximum atomic E-state index is 11.5. The van der Waals surface area contributed by atoms with Crippen LogP contribution in [0.25, 0.3) is 11.3 Å². The highest BCUT2D eigenvalue weighted by Crippen LogP contribution is 2.64. The largest absolute Gasteiger partial charge is 0.479 e. The summed E-state index contributed by atoms with van der Waals surface area (Å²) in [6, 6.07) is 19.2. The second-order valence-electron chi connectivity index (χ2n) is 8.14. The molecule has 0 bridgehead atoms. The molecule has 160 valence electrons. The molecule has 0 amide bonds. The fraction of sp³-hybridized carbons (Fsp3) is 0.292. The van der Waals surface area contributed by atoms with Crippen LogP contribution < -0.4 is 10.5 Å². The number of aliphatic hydroxyl groups is 2. The van der Waals surface area contributed by atoms with E-state index in [1.54, 1.807) is 6.07 Å². The van der Waals surface area contributed by atoms with Gasteiger partial charge in [-0.3, -0.25) is 0 Å². The Labute approximate surface area is 194 Å². The number of hydrogen-bond acceptors (Lipinski definition) is 5. The second-order valence-corrected chi connectivity index (χ2v) is 9.44. The van der Waals surface area contributed by atoms with Gasteiger partial charge >= 0.3 is 0 Å². The van der Waals surface area contributed by atoms with Crippen molar-refractivity contribution in [3.05, 3.63) is 81.4 Å². The molecule has 3 aromatic rings. The Balaban J connectivity index is 1.79. The third kappa shape index (κ3) is 3.04. The highest BCUT2D eigenvalue weighted by Gasteiger charge is 2.66. The molecule has 0 spiro atoms. The van der Waals surface area contributed by atoms with Crippen LogP contribution in [-0.4, -0.2) is 34.5 Å². The van der Waals surface area contributed by atoms with E-state index in [1.807, 2.05) is 54.6 Å². The Morgan fingerprint density at radius 3 is 2.45 bits per heavy atom. The van der Waals surface area contributed by atoms with Gasteiger partial charge < -0.3 is 20.7 Å². The van der Waals surface area contributed by atoms with Gasteiger partial charge in [-0.1, -0.05) is 70.0 Å². The van der Waals surface area contributed by atoms with Gasteiger partial charge in [0.1, 0.15) is 17.0 Å². The van der Waals surface area contributed by atoms with Gasteiger partial charge in [0.2, 0.25) is 0 Å². The van der Waals surface area contributed by atoms with E-state index in [9.17, 15) is 10.2 Å². The quantitative estimate of drug-likeness (QED) is 0.469. The summed E-state index contributed by atoms with van der Waals surface area (Å²) in [7, 11) is 0. The standard InChI is InChI=1S/C24H22BrClN2O3/c25-15-8-6-14(7-9-15)24-21(16(11-27)17(12-29)23(24)30)20-18(31-24)10-19(26)28-22(20)13-4-2-1-3-5-13/h1-10,16-17,21,23,29-30H,11-12,27H2. The van der Waals surface area contributed by atoms with Crippen molar-refractivity contribution in [1.82, 2.24) is 4.98 Å². The average Bonchev–Trinajstić information content (AvgIpc) is 3.24. The lowest BCUT2D eigenvalue weighted by Crippen LogP contribution is -2.44. The number of nitrogens with two attached hydrogens (primary N) is 1. The molecule has 7 heteroatoms. The third-order valence-electron chi connectivity index (χ3n) is 6.69. The number of hydrogen-bond donors (Lipinski definition) is 3. The molecule has 1 fully saturated rings. The Hall–Kier alpha value is -1.96. The van der Waals surface area contributed by atoms with Crippen molar-refractivity contribution in [2.24, 2.45) is 17.6 Å². The molecular formula is C24H22BrClN2O3. The SMILES string of the molecule is NCC1C(CO)C(O)C2(c3ccc(Br)cc3)Oc3cc(Cl)nc(-c4ccccc4)c3C12. The number of nitrogens with zero attached hydrogens (tertiary/aromatic N) is 1. The highest BCUT2D eigenvalue weighted by molar-refractivity contribution is 9.10. The Morgan fingerprint density at radius 2 is 1.81 bits per heavy atom. The van der Waals surface area contributed by atoms with E-state index in [1.165, 1.54) is 0 Å². The van der Waals surface area contributed by atoms with E-state index < -0.39 is 17.6 Å². The zero-order chi connectivity index (χ0) is 21.8. The molecule has 5 unspecified atom stereocenters. The summed E-state index contributed by atoms with van der Waals surface area (Å²) in [6.07, 6.45) is -0.952. The van der Waals surface area contributed by atoms with Gasteiger partial charge in [-0.15, -0.1) is 0 Å². The summed E-state index contributed by atoms with van der Waals surface area (Å²) in [6.45, 7) is 0.114. The molecule has 2 aliphatic rings. The van der Waals surface area contributed by atoms with E-state index in [0.29, 0.717) is 17.4 Å². The number of aliphatic hydroxyl groups excluding tert-OH is 2. The topological polar surface area (TPSA) is 88.6 Å². The first-order chi connectivity index (χ1) is 15.0. The number of aromatic nitrogens is 1.